The fraction of sp³-hybridized carbons (Fsp3) is 0.909. The van der Waals surface area contributed by atoms with E-state index in [4.69, 9.17) is 5.11 Å². The molecular weight excluding hydrogens is 178 g/mol. The van der Waals surface area contributed by atoms with Gasteiger partial charge in [0.1, 0.15) is 0 Å². The third-order valence-electron chi connectivity index (χ3n) is 3.69. The van der Waals surface area contributed by atoms with Crippen LogP contribution in [0.15, 0.2) is 0 Å². The van der Waals surface area contributed by atoms with Gasteiger partial charge in [0.2, 0.25) is 0 Å². The minimum absolute atomic E-state index is 0.382. The summed E-state index contributed by atoms with van der Waals surface area (Å²) in [5, 5.41) is 8.69. The van der Waals surface area contributed by atoms with Crippen LogP contribution >= 0.6 is 0 Å². The Morgan fingerprint density at radius 1 is 1.21 bits per heavy atom. The van der Waals surface area contributed by atoms with E-state index in [9.17, 15) is 4.79 Å². The van der Waals surface area contributed by atoms with Crippen molar-refractivity contribution < 1.29 is 9.90 Å². The third-order valence-corrected chi connectivity index (χ3v) is 3.69. The molecule has 1 N–H and O–H groups in total. The average molecular weight is 197 g/mol. The topological polar surface area (TPSA) is 40.5 Å². The first-order chi connectivity index (χ1) is 6.75. The van der Waals surface area contributed by atoms with Gasteiger partial charge in [0.05, 0.1) is 0 Å². The molecule has 0 atom stereocenters. The van der Waals surface area contributed by atoms with Crippen molar-refractivity contribution in [2.75, 3.05) is 13.1 Å². The van der Waals surface area contributed by atoms with E-state index >= 15 is 0 Å². The lowest BCUT2D eigenvalue weighted by Gasteiger charge is -2.41. The summed E-state index contributed by atoms with van der Waals surface area (Å²) >= 11 is 0. The smallest absolute Gasteiger partial charge is 0.303 e. The molecule has 3 nitrogen and oxygen atoms in total. The van der Waals surface area contributed by atoms with E-state index in [1.165, 1.54) is 32.4 Å². The first kappa shape index (κ1) is 9.97. The molecule has 2 rings (SSSR count). The van der Waals surface area contributed by atoms with Gasteiger partial charge in [-0.1, -0.05) is 0 Å². The largest absolute Gasteiger partial charge is 0.481 e. The molecule has 0 aromatic rings. The highest BCUT2D eigenvalue weighted by Crippen LogP contribution is 2.31. The molecule has 0 amide bonds. The Balaban J connectivity index is 1.71. The number of rotatable bonds is 3. The molecule has 0 spiro atoms. The maximum Gasteiger partial charge on any atom is 0.303 e. The van der Waals surface area contributed by atoms with E-state index in [0.717, 1.165) is 18.9 Å². The number of carboxylic acid groups (broad SMARTS) is 1. The maximum atomic E-state index is 10.5. The van der Waals surface area contributed by atoms with Crippen LogP contribution in [0.5, 0.6) is 0 Å². The molecule has 2 fully saturated rings. The first-order valence-corrected chi connectivity index (χ1v) is 5.71. The average Bonchev–Trinajstić information content (AvgIpc) is 2.04. The summed E-state index contributed by atoms with van der Waals surface area (Å²) in [5.41, 5.74) is 0. The van der Waals surface area contributed by atoms with Crippen LogP contribution in [0.25, 0.3) is 0 Å². The molecule has 0 bridgehead atoms. The number of likely N-dealkylation sites (tertiary alicyclic amines) is 1. The Morgan fingerprint density at radius 3 is 2.29 bits per heavy atom. The highest BCUT2D eigenvalue weighted by atomic mass is 16.4. The van der Waals surface area contributed by atoms with Crippen molar-refractivity contribution in [3.05, 3.63) is 0 Å². The van der Waals surface area contributed by atoms with Gasteiger partial charge in [-0.2, -0.15) is 0 Å². The van der Waals surface area contributed by atoms with Gasteiger partial charge >= 0.3 is 5.97 Å². The van der Waals surface area contributed by atoms with Gasteiger partial charge in [-0.25, -0.2) is 0 Å². The molecule has 0 radical (unpaired) electrons. The standard InChI is InChI=1S/C11H19NO2/c13-11(14)8-9-2-4-10(5-3-9)12-6-1-7-12/h9-10H,1-8H2,(H,13,14). The zero-order chi connectivity index (χ0) is 9.97. The number of hydrogen-bond acceptors (Lipinski definition) is 2. The molecule has 3 heteroatoms. The van der Waals surface area contributed by atoms with Crippen LogP contribution < -0.4 is 0 Å². The molecule has 0 aromatic heterocycles. The van der Waals surface area contributed by atoms with Crippen molar-refractivity contribution in [3.8, 4) is 0 Å². The highest BCUT2D eigenvalue weighted by molar-refractivity contribution is 5.67. The SMILES string of the molecule is O=C(O)CC1CCC(N2CCC2)CC1. The molecule has 0 aromatic carbocycles. The van der Waals surface area contributed by atoms with Crippen molar-refractivity contribution in [1.82, 2.24) is 4.90 Å². The molecule has 1 heterocycles. The van der Waals surface area contributed by atoms with Crippen molar-refractivity contribution in [3.63, 3.8) is 0 Å². The Morgan fingerprint density at radius 2 is 1.86 bits per heavy atom. The second-order valence-corrected chi connectivity index (χ2v) is 4.66. The number of hydrogen-bond donors (Lipinski definition) is 1. The van der Waals surface area contributed by atoms with Crippen molar-refractivity contribution >= 4 is 5.97 Å². The zero-order valence-electron chi connectivity index (χ0n) is 8.61. The van der Waals surface area contributed by atoms with Gasteiger partial charge in [0.15, 0.2) is 0 Å². The molecule has 1 aliphatic heterocycles. The molecule has 80 valence electrons. The van der Waals surface area contributed by atoms with E-state index < -0.39 is 5.97 Å². The minimum atomic E-state index is -0.627. The van der Waals surface area contributed by atoms with Crippen molar-refractivity contribution in [2.45, 2.75) is 44.6 Å². The van der Waals surface area contributed by atoms with Crippen LogP contribution in [-0.4, -0.2) is 35.1 Å². The highest BCUT2D eigenvalue weighted by Gasteiger charge is 2.29. The number of carboxylic acids is 1. The minimum Gasteiger partial charge on any atom is -0.481 e. The fourth-order valence-corrected chi connectivity index (χ4v) is 2.67. The van der Waals surface area contributed by atoms with Gasteiger partial charge in [-0.05, 0) is 51.1 Å². The quantitative estimate of drug-likeness (QED) is 0.749. The summed E-state index contributed by atoms with van der Waals surface area (Å²) in [4.78, 5) is 13.1. The third kappa shape index (κ3) is 2.27. The molecule has 1 saturated carbocycles. The zero-order valence-corrected chi connectivity index (χ0v) is 8.61. The monoisotopic (exact) mass is 197 g/mol. The summed E-state index contributed by atoms with van der Waals surface area (Å²) in [7, 11) is 0. The summed E-state index contributed by atoms with van der Waals surface area (Å²) in [6.45, 7) is 2.54. The van der Waals surface area contributed by atoms with Gasteiger partial charge in [-0.3, -0.25) is 4.79 Å². The predicted octanol–water partition coefficient (Wildman–Crippen LogP) is 1.73. The number of carbonyl (C=O) groups is 1. The van der Waals surface area contributed by atoms with E-state index in [0.29, 0.717) is 12.3 Å². The molecule has 0 unspecified atom stereocenters. The Labute approximate surface area is 85.1 Å². The molecule has 1 aliphatic carbocycles. The van der Waals surface area contributed by atoms with E-state index in [1.807, 2.05) is 0 Å². The van der Waals surface area contributed by atoms with E-state index in [-0.39, 0.29) is 0 Å². The Hall–Kier alpha value is -0.570. The fourth-order valence-electron chi connectivity index (χ4n) is 2.67. The molecule has 14 heavy (non-hydrogen) atoms. The van der Waals surface area contributed by atoms with Gasteiger partial charge < -0.3 is 10.0 Å². The summed E-state index contributed by atoms with van der Waals surface area (Å²) in [5.74, 6) is -0.178. The lowest BCUT2D eigenvalue weighted by Crippen LogP contribution is -2.46. The van der Waals surface area contributed by atoms with Crippen molar-refractivity contribution in [1.29, 1.82) is 0 Å². The predicted molar refractivity (Wildman–Crippen MR) is 54.2 cm³/mol. The summed E-state index contributed by atoms with van der Waals surface area (Å²) in [6, 6.07) is 0.772. The first-order valence-electron chi connectivity index (χ1n) is 5.71. The van der Waals surface area contributed by atoms with Crippen LogP contribution in [0.3, 0.4) is 0 Å². The molecular formula is C11H19NO2. The Bertz CT molecular complexity index is 205. The van der Waals surface area contributed by atoms with E-state index in [1.54, 1.807) is 0 Å². The summed E-state index contributed by atoms with van der Waals surface area (Å²) < 4.78 is 0. The van der Waals surface area contributed by atoms with E-state index in [2.05, 4.69) is 4.90 Å². The second kappa shape index (κ2) is 4.30. The molecule has 1 saturated heterocycles. The Kier molecular flexibility index (Phi) is 3.06. The normalized spacial score (nSPS) is 33.7. The van der Waals surface area contributed by atoms with Gasteiger partial charge in [0.25, 0.3) is 0 Å². The van der Waals surface area contributed by atoms with Crippen LogP contribution in [0.1, 0.15) is 38.5 Å². The van der Waals surface area contributed by atoms with Gasteiger partial charge in [-0.15, -0.1) is 0 Å². The van der Waals surface area contributed by atoms with Crippen LogP contribution in [0.4, 0.5) is 0 Å². The van der Waals surface area contributed by atoms with Crippen LogP contribution in [0.2, 0.25) is 0 Å². The van der Waals surface area contributed by atoms with Crippen LogP contribution in [0, 0.1) is 5.92 Å². The lowest BCUT2D eigenvalue weighted by molar-refractivity contribution is -0.138. The molecule has 2 aliphatic rings. The lowest BCUT2D eigenvalue weighted by atomic mass is 9.83. The number of aliphatic carboxylic acids is 1. The van der Waals surface area contributed by atoms with Gasteiger partial charge in [0, 0.05) is 12.5 Å². The number of nitrogens with zero attached hydrogens (tertiary/aromatic N) is 1. The maximum absolute atomic E-state index is 10.5. The second-order valence-electron chi connectivity index (χ2n) is 4.66. The summed E-state index contributed by atoms with van der Waals surface area (Å²) in [6.07, 6.45) is 6.42. The van der Waals surface area contributed by atoms with Crippen LogP contribution in [-0.2, 0) is 4.79 Å². The van der Waals surface area contributed by atoms with Crippen molar-refractivity contribution in [2.24, 2.45) is 5.92 Å².